The van der Waals surface area contributed by atoms with Crippen molar-refractivity contribution in [2.45, 2.75) is 26.6 Å². The van der Waals surface area contributed by atoms with E-state index in [1.165, 1.54) is 13.8 Å². The van der Waals surface area contributed by atoms with E-state index < -0.39 is 30.7 Å². The summed E-state index contributed by atoms with van der Waals surface area (Å²) in [4.78, 5) is 23.1. The second-order valence-electron chi connectivity index (χ2n) is 4.05. The Kier molecular flexibility index (Phi) is 4.49. The number of carbonyl (C=O) groups excluding carboxylic acids is 1. The van der Waals surface area contributed by atoms with Gasteiger partial charge in [0, 0.05) is 0 Å². The van der Waals surface area contributed by atoms with Crippen LogP contribution in [0.25, 0.3) is 0 Å². The molecule has 1 rings (SSSR count). The topological polar surface area (TPSA) is 87.8 Å². The van der Waals surface area contributed by atoms with Crippen LogP contribution in [0.2, 0.25) is 0 Å². The van der Waals surface area contributed by atoms with E-state index in [0.29, 0.717) is 15.9 Å². The molecule has 1 aromatic rings. The minimum absolute atomic E-state index is 0.180. The number of aryl methyl sites for hydroxylation is 1. The van der Waals surface area contributed by atoms with E-state index in [1.807, 2.05) is 0 Å². The lowest BCUT2D eigenvalue weighted by Crippen LogP contribution is -2.39. The first-order valence-electron chi connectivity index (χ1n) is 5.47. The first-order valence-corrected chi connectivity index (χ1v) is 5.47. The zero-order valence-electron chi connectivity index (χ0n) is 10.7. The molecule has 0 radical (unpaired) electrons. The van der Waals surface area contributed by atoms with Crippen molar-refractivity contribution in [3.8, 4) is 6.07 Å². The molecular formula is C11H11F3N4O2. The molecule has 0 spiro atoms. The molecule has 0 saturated carbocycles. The summed E-state index contributed by atoms with van der Waals surface area (Å²) in [6.45, 7) is 0.886. The third-order valence-corrected chi connectivity index (χ3v) is 2.53. The lowest BCUT2D eigenvalue weighted by molar-refractivity contribution is -0.138. The van der Waals surface area contributed by atoms with Gasteiger partial charge in [0.25, 0.3) is 5.56 Å². The summed E-state index contributed by atoms with van der Waals surface area (Å²) in [7, 11) is 0. The number of amides is 1. The van der Waals surface area contributed by atoms with E-state index >= 15 is 0 Å². The number of hydrogen-bond acceptors (Lipinski definition) is 4. The van der Waals surface area contributed by atoms with Gasteiger partial charge in [0.15, 0.2) is 0 Å². The van der Waals surface area contributed by atoms with Gasteiger partial charge in [-0.05, 0) is 19.4 Å². The molecular weight excluding hydrogens is 277 g/mol. The van der Waals surface area contributed by atoms with Gasteiger partial charge in [0.2, 0.25) is 5.91 Å². The monoisotopic (exact) mass is 288 g/mol. The van der Waals surface area contributed by atoms with Gasteiger partial charge < -0.3 is 5.32 Å². The van der Waals surface area contributed by atoms with Crippen LogP contribution in [-0.4, -0.2) is 28.4 Å². The van der Waals surface area contributed by atoms with E-state index in [0.717, 1.165) is 0 Å². The van der Waals surface area contributed by atoms with Gasteiger partial charge >= 0.3 is 6.18 Å². The third kappa shape index (κ3) is 3.81. The number of carbonyl (C=O) groups is 1. The van der Waals surface area contributed by atoms with Crippen LogP contribution in [0.3, 0.4) is 0 Å². The number of nitrogens with one attached hydrogen (secondary N) is 1. The van der Waals surface area contributed by atoms with Crippen molar-refractivity contribution in [1.29, 1.82) is 5.26 Å². The molecule has 20 heavy (non-hydrogen) atoms. The predicted molar refractivity (Wildman–Crippen MR) is 61.8 cm³/mol. The highest BCUT2D eigenvalue weighted by molar-refractivity contribution is 5.75. The van der Waals surface area contributed by atoms with Crippen LogP contribution >= 0.6 is 0 Å². The van der Waals surface area contributed by atoms with Crippen LogP contribution in [0.4, 0.5) is 13.2 Å². The maximum absolute atomic E-state index is 11.9. The normalized spacial score (nSPS) is 11.0. The Morgan fingerprint density at radius 2 is 2.05 bits per heavy atom. The Bertz CT molecular complexity index is 628. The SMILES string of the molecule is Cc1nn(CC(=O)NCC(F)(F)F)c(=O)c(C#N)c1C. The van der Waals surface area contributed by atoms with Gasteiger partial charge in [-0.2, -0.15) is 23.5 Å². The van der Waals surface area contributed by atoms with Gasteiger partial charge in [-0.25, -0.2) is 4.68 Å². The third-order valence-electron chi connectivity index (χ3n) is 2.53. The number of halogens is 3. The van der Waals surface area contributed by atoms with Gasteiger partial charge in [0.1, 0.15) is 24.7 Å². The van der Waals surface area contributed by atoms with Gasteiger partial charge in [0.05, 0.1) is 5.69 Å². The number of hydrogen-bond donors (Lipinski definition) is 1. The molecule has 108 valence electrons. The largest absolute Gasteiger partial charge is 0.405 e. The fraction of sp³-hybridized carbons (Fsp3) is 0.455. The highest BCUT2D eigenvalue weighted by Gasteiger charge is 2.27. The van der Waals surface area contributed by atoms with Crippen LogP contribution in [0.1, 0.15) is 16.8 Å². The zero-order valence-corrected chi connectivity index (χ0v) is 10.7. The number of aromatic nitrogens is 2. The molecule has 0 atom stereocenters. The highest BCUT2D eigenvalue weighted by Crippen LogP contribution is 2.12. The smallest absolute Gasteiger partial charge is 0.345 e. The standard InChI is InChI=1S/C11H11F3N4O2/c1-6-7(2)17-18(10(20)8(6)3-15)4-9(19)16-5-11(12,13)14/h4-5H2,1-2H3,(H,16,19). The molecule has 0 aromatic carbocycles. The highest BCUT2D eigenvalue weighted by atomic mass is 19.4. The lowest BCUT2D eigenvalue weighted by Gasteiger charge is -2.10. The van der Waals surface area contributed by atoms with Crippen molar-refractivity contribution in [2.24, 2.45) is 0 Å². The maximum atomic E-state index is 11.9. The second kappa shape index (κ2) is 5.73. The molecule has 9 heteroatoms. The molecule has 0 aliphatic carbocycles. The summed E-state index contributed by atoms with van der Waals surface area (Å²) < 4.78 is 36.5. The van der Waals surface area contributed by atoms with Gasteiger partial charge in [-0.1, -0.05) is 0 Å². The number of rotatable bonds is 3. The van der Waals surface area contributed by atoms with Gasteiger partial charge in [-0.15, -0.1) is 0 Å². The fourth-order valence-corrected chi connectivity index (χ4v) is 1.40. The number of nitrogens with zero attached hydrogens (tertiary/aromatic N) is 3. The van der Waals surface area contributed by atoms with Gasteiger partial charge in [-0.3, -0.25) is 9.59 Å². The zero-order chi connectivity index (χ0) is 15.5. The van der Waals surface area contributed by atoms with E-state index in [-0.39, 0.29) is 5.56 Å². The Balaban J connectivity index is 2.95. The molecule has 1 aromatic heterocycles. The van der Waals surface area contributed by atoms with Crippen molar-refractivity contribution in [2.75, 3.05) is 6.54 Å². The Labute approximate surface area is 111 Å². The molecule has 6 nitrogen and oxygen atoms in total. The van der Waals surface area contributed by atoms with Crippen LogP contribution in [0.15, 0.2) is 4.79 Å². The first kappa shape index (κ1) is 15.7. The summed E-state index contributed by atoms with van der Waals surface area (Å²) in [5.74, 6) is -1.01. The van der Waals surface area contributed by atoms with Crippen molar-refractivity contribution in [1.82, 2.24) is 15.1 Å². The van der Waals surface area contributed by atoms with Crippen molar-refractivity contribution in [3.05, 3.63) is 27.2 Å². The first-order chi connectivity index (χ1) is 9.15. The summed E-state index contributed by atoms with van der Waals surface area (Å²) in [5.41, 5.74) is -0.256. The summed E-state index contributed by atoms with van der Waals surface area (Å²) in [6.07, 6.45) is -4.53. The maximum Gasteiger partial charge on any atom is 0.405 e. The van der Waals surface area contributed by atoms with Crippen LogP contribution in [0.5, 0.6) is 0 Å². The summed E-state index contributed by atoms with van der Waals surface area (Å²) >= 11 is 0. The number of alkyl halides is 3. The minimum atomic E-state index is -4.53. The molecule has 0 aliphatic rings. The molecule has 0 fully saturated rings. The Hall–Kier alpha value is -2.37. The van der Waals surface area contributed by atoms with Crippen molar-refractivity contribution in [3.63, 3.8) is 0 Å². The van der Waals surface area contributed by atoms with E-state index in [4.69, 9.17) is 5.26 Å². The summed E-state index contributed by atoms with van der Waals surface area (Å²) in [5, 5.41) is 14.3. The Morgan fingerprint density at radius 3 is 2.55 bits per heavy atom. The molecule has 1 heterocycles. The molecule has 1 amide bonds. The fourth-order valence-electron chi connectivity index (χ4n) is 1.40. The van der Waals surface area contributed by atoms with Crippen LogP contribution in [-0.2, 0) is 11.3 Å². The minimum Gasteiger partial charge on any atom is -0.345 e. The molecule has 0 aliphatic heterocycles. The average molecular weight is 288 g/mol. The Morgan fingerprint density at radius 1 is 1.45 bits per heavy atom. The van der Waals surface area contributed by atoms with E-state index in [1.54, 1.807) is 11.4 Å². The van der Waals surface area contributed by atoms with E-state index in [9.17, 15) is 22.8 Å². The molecule has 0 bridgehead atoms. The summed E-state index contributed by atoms with van der Waals surface area (Å²) in [6, 6.07) is 1.69. The van der Waals surface area contributed by atoms with Crippen LogP contribution in [0, 0.1) is 25.2 Å². The molecule has 1 N–H and O–H groups in total. The van der Waals surface area contributed by atoms with Crippen molar-refractivity contribution >= 4 is 5.91 Å². The lowest BCUT2D eigenvalue weighted by atomic mass is 10.1. The molecule has 0 unspecified atom stereocenters. The molecule has 0 saturated heterocycles. The van der Waals surface area contributed by atoms with Crippen molar-refractivity contribution < 1.29 is 18.0 Å². The number of nitriles is 1. The quantitative estimate of drug-likeness (QED) is 0.872. The average Bonchev–Trinajstić information content (AvgIpc) is 2.33. The predicted octanol–water partition coefficient (Wildman–Crippen LogP) is 0.410. The van der Waals surface area contributed by atoms with E-state index in [2.05, 4.69) is 5.10 Å². The second-order valence-corrected chi connectivity index (χ2v) is 4.05. The van der Waals surface area contributed by atoms with Crippen LogP contribution < -0.4 is 10.9 Å².